The molecular formula is C62H26BBrF20O2S2. The Morgan fingerprint density at radius 1 is 0.295 bits per heavy atom. The Bertz CT molecular complexity index is 4020. The number of halogens is 21. The number of ketones is 2. The highest BCUT2D eigenvalue weighted by atomic mass is 79.9. The van der Waals surface area contributed by atoms with Gasteiger partial charge >= 0.3 is 0 Å². The maximum absolute atomic E-state index is 15.4. The fourth-order valence-corrected chi connectivity index (χ4v) is 13.2. The van der Waals surface area contributed by atoms with Gasteiger partial charge in [-0.05, 0) is 94.8 Å². The fourth-order valence-electron chi connectivity index (χ4n) is 9.61. The first-order valence-electron chi connectivity index (χ1n) is 24.7. The fraction of sp³-hybridized carbons (Fsp3) is 0. The van der Waals surface area contributed by atoms with Crippen molar-refractivity contribution in [3.8, 4) is 0 Å². The standard InChI is InChI=1S/C38H26BrO2S2.C24BF20/c39-36-26-31(20-25-35(36)38(41)28-12-6-2-7-13-28)42-30-18-23-34(24-19-30)43(32-14-8-3-9-15-32)33-21-16-29(17-22-33)37(40)27-10-4-1-5-11-27;26-5-1(6(27)14(35)21(42)13(5)34)25(2-7(28)15(36)22(43)16(37)8(2)29,3-9(30)17(38)23(44)18(39)10(3)31)4-11(32)19(40)24(45)20(41)12(4)33/h1-26H;/q+1;-1. The molecule has 26 heteroatoms. The Hall–Kier alpha value is -8.62. The van der Waals surface area contributed by atoms with Gasteiger partial charge in [0.1, 0.15) is 52.7 Å². The molecule has 0 aliphatic carbocycles. The van der Waals surface area contributed by atoms with Gasteiger partial charge in [-0.15, -0.1) is 21.9 Å². The zero-order valence-electron chi connectivity index (χ0n) is 43.2. The van der Waals surface area contributed by atoms with Crippen LogP contribution in [-0.2, 0) is 10.9 Å². The van der Waals surface area contributed by atoms with Gasteiger partial charge in [-0.3, -0.25) is 9.59 Å². The zero-order chi connectivity index (χ0) is 64.0. The monoisotopic (exact) mass is 1340 g/mol. The van der Waals surface area contributed by atoms with E-state index in [-0.39, 0.29) is 22.5 Å². The summed E-state index contributed by atoms with van der Waals surface area (Å²) in [5, 5.41) is 0. The Morgan fingerprint density at radius 3 is 0.886 bits per heavy atom. The molecule has 0 bridgehead atoms. The van der Waals surface area contributed by atoms with Gasteiger partial charge in [-0.2, -0.15) is 0 Å². The highest BCUT2D eigenvalue weighted by Gasteiger charge is 2.52. The van der Waals surface area contributed by atoms with E-state index in [2.05, 4.69) is 76.6 Å². The second-order valence-electron chi connectivity index (χ2n) is 18.5. The van der Waals surface area contributed by atoms with E-state index in [0.29, 0.717) is 22.3 Å². The summed E-state index contributed by atoms with van der Waals surface area (Å²) in [6, 6.07) is 51.7. The van der Waals surface area contributed by atoms with E-state index in [1.54, 1.807) is 11.8 Å². The third-order valence-corrected chi connectivity index (χ3v) is 17.5. The molecule has 88 heavy (non-hydrogen) atoms. The maximum Gasteiger partial charge on any atom is 0.200 e. The predicted octanol–water partition coefficient (Wildman–Crippen LogP) is 16.0. The molecule has 448 valence electrons. The quantitative estimate of drug-likeness (QED) is 0.0288. The third kappa shape index (κ3) is 11.2. The maximum atomic E-state index is 15.4. The van der Waals surface area contributed by atoms with E-state index in [1.807, 2.05) is 97.1 Å². The van der Waals surface area contributed by atoms with Crippen molar-refractivity contribution in [2.75, 3.05) is 0 Å². The van der Waals surface area contributed by atoms with Crippen LogP contribution >= 0.6 is 27.7 Å². The normalized spacial score (nSPS) is 11.8. The second kappa shape index (κ2) is 25.6. The van der Waals surface area contributed by atoms with E-state index in [4.69, 9.17) is 0 Å². The molecule has 0 aliphatic rings. The molecule has 1 atom stereocenters. The van der Waals surface area contributed by atoms with Crippen LogP contribution in [0.3, 0.4) is 0 Å². The first-order valence-corrected chi connectivity index (χ1v) is 27.5. The molecule has 0 aromatic heterocycles. The summed E-state index contributed by atoms with van der Waals surface area (Å²) < 4.78 is 295. The summed E-state index contributed by atoms with van der Waals surface area (Å²) in [6.07, 6.45) is -7.22. The van der Waals surface area contributed by atoms with Crippen LogP contribution in [0.5, 0.6) is 0 Å². The van der Waals surface area contributed by atoms with E-state index < -0.39 is 144 Å². The molecule has 0 fully saturated rings. The largest absolute Gasteiger partial charge is 0.289 e. The first kappa shape index (κ1) is 63.9. The zero-order valence-corrected chi connectivity index (χ0v) is 46.4. The van der Waals surface area contributed by atoms with Crippen molar-refractivity contribution in [3.05, 3.63) is 301 Å². The van der Waals surface area contributed by atoms with E-state index >= 15 is 35.1 Å². The van der Waals surface area contributed by atoms with E-state index in [0.717, 1.165) is 19.2 Å². The summed E-state index contributed by atoms with van der Waals surface area (Å²) in [7, 11) is -0.331. The molecule has 0 radical (unpaired) electrons. The minimum Gasteiger partial charge on any atom is -0.289 e. The van der Waals surface area contributed by atoms with Crippen LogP contribution in [0.2, 0.25) is 0 Å². The highest BCUT2D eigenvalue weighted by molar-refractivity contribution is 9.10. The van der Waals surface area contributed by atoms with E-state index in [9.17, 15) is 62.3 Å². The topological polar surface area (TPSA) is 34.1 Å². The number of carbonyl (C=O) groups excluding carboxylic acids is 2. The number of carbonyl (C=O) groups is 2. The highest BCUT2D eigenvalue weighted by Crippen LogP contribution is 2.37. The molecule has 10 aromatic carbocycles. The Kier molecular flexibility index (Phi) is 18.6. The molecule has 0 aliphatic heterocycles. The molecule has 0 saturated heterocycles. The van der Waals surface area contributed by atoms with Crippen molar-refractivity contribution < 1.29 is 97.4 Å². The molecule has 1 unspecified atom stereocenters. The molecule has 0 heterocycles. The van der Waals surface area contributed by atoms with Crippen LogP contribution in [0.15, 0.2) is 187 Å². The molecule has 10 rings (SSSR count). The van der Waals surface area contributed by atoms with Crippen LogP contribution in [0.25, 0.3) is 0 Å². The van der Waals surface area contributed by atoms with Crippen molar-refractivity contribution in [1.82, 2.24) is 0 Å². The Balaban J connectivity index is 0.000000210. The van der Waals surface area contributed by atoms with Crippen LogP contribution in [-0.4, -0.2) is 17.7 Å². The Morgan fingerprint density at radius 2 is 0.557 bits per heavy atom. The minimum absolute atomic E-state index is 0.00112. The third-order valence-electron chi connectivity index (χ3n) is 13.6. The van der Waals surface area contributed by atoms with Crippen LogP contribution in [0.1, 0.15) is 31.8 Å². The van der Waals surface area contributed by atoms with E-state index in [1.165, 1.54) is 9.79 Å². The van der Waals surface area contributed by atoms with Gasteiger partial charge < -0.3 is 0 Å². The van der Waals surface area contributed by atoms with Gasteiger partial charge in [0, 0.05) is 36.5 Å². The minimum atomic E-state index is -7.22. The predicted molar refractivity (Wildman–Crippen MR) is 289 cm³/mol. The number of benzene rings is 10. The lowest BCUT2D eigenvalue weighted by atomic mass is 9.12. The molecule has 10 aromatic rings. The summed E-state index contributed by atoms with van der Waals surface area (Å²) in [6.45, 7) is 0. The van der Waals surface area contributed by atoms with Gasteiger partial charge in [0.05, 0.1) is 10.9 Å². The average Bonchev–Trinajstić information content (AvgIpc) is 0.855. The molecule has 0 spiro atoms. The first-order chi connectivity index (χ1) is 41.8. The van der Waals surface area contributed by atoms with Crippen LogP contribution in [0.4, 0.5) is 87.8 Å². The molecule has 0 N–H and O–H groups in total. The summed E-state index contributed by atoms with van der Waals surface area (Å²) >= 11 is 5.27. The average molecular weight is 1340 g/mol. The Labute approximate surface area is 498 Å². The van der Waals surface area contributed by atoms with Crippen molar-refractivity contribution in [2.24, 2.45) is 0 Å². The lowest BCUT2D eigenvalue weighted by Gasteiger charge is -2.44. The van der Waals surface area contributed by atoms with Crippen LogP contribution in [0, 0.1) is 116 Å². The number of hydrogen-bond donors (Lipinski definition) is 0. The van der Waals surface area contributed by atoms with Gasteiger partial charge in [-0.25, -0.2) is 87.8 Å². The van der Waals surface area contributed by atoms with Crippen molar-refractivity contribution in [2.45, 2.75) is 24.5 Å². The van der Waals surface area contributed by atoms with Gasteiger partial charge in [0.2, 0.25) is 0 Å². The summed E-state index contributed by atoms with van der Waals surface area (Å²) in [5.74, 6) is -71.4. The molecule has 2 nitrogen and oxygen atoms in total. The summed E-state index contributed by atoms with van der Waals surface area (Å²) in [4.78, 5) is 31.6. The molecule has 0 saturated carbocycles. The smallest absolute Gasteiger partial charge is 0.200 e. The number of hydrogen-bond acceptors (Lipinski definition) is 3. The van der Waals surface area contributed by atoms with Crippen molar-refractivity contribution in [3.63, 3.8) is 0 Å². The lowest BCUT2D eigenvalue weighted by Crippen LogP contribution is -2.81. The van der Waals surface area contributed by atoms with Gasteiger partial charge in [0.25, 0.3) is 0 Å². The molecule has 0 amide bonds. The van der Waals surface area contributed by atoms with Gasteiger partial charge in [-0.1, -0.05) is 90.6 Å². The summed E-state index contributed by atoms with van der Waals surface area (Å²) in [5.41, 5.74) is -11.6. The van der Waals surface area contributed by atoms with Crippen LogP contribution < -0.4 is 21.9 Å². The SMILES string of the molecule is Fc1c(F)c(F)c([B-](c2c(F)c(F)c(F)c(F)c2F)(c2c(F)c(F)c(F)c(F)c2F)c2c(F)c(F)c(F)c(F)c2F)c(F)c1F.O=C(c1ccccc1)c1ccc([S+](c2ccccc2)c2ccc(Sc3ccc(C(=O)c4ccccc4)c(Br)c3)cc2)cc1. The number of rotatable bonds is 13. The van der Waals surface area contributed by atoms with Crippen molar-refractivity contribution in [1.29, 1.82) is 0 Å². The lowest BCUT2D eigenvalue weighted by molar-refractivity contribution is 0.103. The molecular weight excluding hydrogens is 1310 g/mol. The van der Waals surface area contributed by atoms with Gasteiger partial charge in [0.15, 0.2) is 96.1 Å². The van der Waals surface area contributed by atoms with Crippen molar-refractivity contribution >= 4 is 78.2 Å². The second-order valence-corrected chi connectivity index (χ2v) is 22.6.